The number of aromatic nitrogens is 2. The molecule has 1 aromatic rings. The number of nitrogens with zero attached hydrogens (tertiary/aromatic N) is 2. The van der Waals surface area contributed by atoms with E-state index in [1.54, 1.807) is 23.1 Å². The SMILES string of the molecule is CNc1nnc(SC[C@H]2COCCO2)s1. The van der Waals surface area contributed by atoms with Gasteiger partial charge in [-0.15, -0.1) is 10.2 Å². The zero-order chi connectivity index (χ0) is 10.5. The molecule has 1 fully saturated rings. The summed E-state index contributed by atoms with van der Waals surface area (Å²) in [6.07, 6.45) is 0.186. The first-order valence-corrected chi connectivity index (χ1v) is 6.52. The highest BCUT2D eigenvalue weighted by atomic mass is 32.2. The van der Waals surface area contributed by atoms with Gasteiger partial charge in [-0.2, -0.15) is 0 Å². The zero-order valence-corrected chi connectivity index (χ0v) is 10.1. The molecule has 0 radical (unpaired) electrons. The predicted octanol–water partition coefficient (Wildman–Crippen LogP) is 1.09. The second-order valence-electron chi connectivity index (χ2n) is 3.00. The number of nitrogens with one attached hydrogen (secondary N) is 1. The van der Waals surface area contributed by atoms with E-state index in [0.29, 0.717) is 19.8 Å². The molecule has 5 nitrogen and oxygen atoms in total. The molecule has 1 aliphatic rings. The number of ether oxygens (including phenoxy) is 2. The number of rotatable bonds is 4. The fraction of sp³-hybridized carbons (Fsp3) is 0.750. The van der Waals surface area contributed by atoms with Crippen LogP contribution in [0.2, 0.25) is 0 Å². The first kappa shape index (κ1) is 11.1. The Morgan fingerprint density at radius 2 is 2.47 bits per heavy atom. The lowest BCUT2D eigenvalue weighted by Crippen LogP contribution is -2.30. The molecule has 0 aromatic carbocycles. The summed E-state index contributed by atoms with van der Waals surface area (Å²) in [4.78, 5) is 0. The minimum absolute atomic E-state index is 0.186. The lowest BCUT2D eigenvalue weighted by Gasteiger charge is -2.21. The van der Waals surface area contributed by atoms with Crippen molar-refractivity contribution in [3.05, 3.63) is 0 Å². The highest BCUT2D eigenvalue weighted by Crippen LogP contribution is 2.26. The molecule has 0 amide bonds. The lowest BCUT2D eigenvalue weighted by molar-refractivity contribution is -0.0776. The van der Waals surface area contributed by atoms with Gasteiger partial charge in [0, 0.05) is 12.8 Å². The van der Waals surface area contributed by atoms with E-state index in [2.05, 4.69) is 15.5 Å². The number of hydrogen-bond donors (Lipinski definition) is 1. The Kier molecular flexibility index (Phi) is 4.18. The van der Waals surface area contributed by atoms with Crippen LogP contribution in [0, 0.1) is 0 Å². The summed E-state index contributed by atoms with van der Waals surface area (Å²) in [6, 6.07) is 0. The molecule has 2 heterocycles. The first-order valence-electron chi connectivity index (χ1n) is 4.72. The molecule has 2 rings (SSSR count). The molecule has 1 aliphatic heterocycles. The molecule has 0 aliphatic carbocycles. The van der Waals surface area contributed by atoms with Gasteiger partial charge in [0.2, 0.25) is 5.13 Å². The molecule has 1 saturated heterocycles. The summed E-state index contributed by atoms with van der Waals surface area (Å²) >= 11 is 3.22. The van der Waals surface area contributed by atoms with Gasteiger partial charge in [-0.05, 0) is 0 Å². The van der Waals surface area contributed by atoms with Crippen LogP contribution in [0.25, 0.3) is 0 Å². The lowest BCUT2D eigenvalue weighted by atomic mass is 10.4. The normalized spacial score (nSPS) is 21.5. The van der Waals surface area contributed by atoms with Crippen LogP contribution in [0.4, 0.5) is 5.13 Å². The average molecular weight is 247 g/mol. The maximum Gasteiger partial charge on any atom is 0.206 e. The third-order valence-electron chi connectivity index (χ3n) is 1.90. The van der Waals surface area contributed by atoms with E-state index in [9.17, 15) is 0 Å². The van der Waals surface area contributed by atoms with Gasteiger partial charge in [0.05, 0.1) is 25.9 Å². The Balaban J connectivity index is 1.76. The summed E-state index contributed by atoms with van der Waals surface area (Å²) in [7, 11) is 1.84. The van der Waals surface area contributed by atoms with Gasteiger partial charge in [-0.3, -0.25) is 0 Å². The van der Waals surface area contributed by atoms with Crippen LogP contribution in [0.5, 0.6) is 0 Å². The third kappa shape index (κ3) is 3.30. The van der Waals surface area contributed by atoms with Crippen LogP contribution in [0.15, 0.2) is 4.34 Å². The predicted molar refractivity (Wildman–Crippen MR) is 60.7 cm³/mol. The quantitative estimate of drug-likeness (QED) is 0.804. The minimum atomic E-state index is 0.186. The molecule has 0 spiro atoms. The molecule has 84 valence electrons. The standard InChI is InChI=1S/C8H13N3O2S2/c1-9-7-10-11-8(15-7)14-5-6-4-12-2-3-13-6/h6H,2-5H2,1H3,(H,9,10)/t6-/m1/s1. The molecule has 0 bridgehead atoms. The molecule has 0 unspecified atom stereocenters. The van der Waals surface area contributed by atoms with Crippen molar-refractivity contribution >= 4 is 28.2 Å². The Hall–Kier alpha value is -0.370. The number of thioether (sulfide) groups is 1. The van der Waals surface area contributed by atoms with E-state index in [1.165, 1.54) is 0 Å². The fourth-order valence-electron chi connectivity index (χ4n) is 1.17. The van der Waals surface area contributed by atoms with Crippen molar-refractivity contribution in [2.75, 3.05) is 37.9 Å². The van der Waals surface area contributed by atoms with Gasteiger partial charge in [0.25, 0.3) is 0 Å². The second-order valence-corrected chi connectivity index (χ2v) is 5.25. The largest absolute Gasteiger partial charge is 0.376 e. The van der Waals surface area contributed by atoms with Crippen molar-refractivity contribution in [2.45, 2.75) is 10.4 Å². The summed E-state index contributed by atoms with van der Waals surface area (Å²) < 4.78 is 11.8. The second kappa shape index (κ2) is 5.64. The Bertz CT molecular complexity index is 302. The molecule has 7 heteroatoms. The van der Waals surface area contributed by atoms with Crippen molar-refractivity contribution in [1.29, 1.82) is 0 Å². The smallest absolute Gasteiger partial charge is 0.206 e. The van der Waals surface area contributed by atoms with Crippen LogP contribution < -0.4 is 5.32 Å². The van der Waals surface area contributed by atoms with E-state index < -0.39 is 0 Å². The third-order valence-corrected chi connectivity index (χ3v) is 4.10. The molecular formula is C8H13N3O2S2. The Morgan fingerprint density at radius 3 is 3.13 bits per heavy atom. The zero-order valence-electron chi connectivity index (χ0n) is 8.43. The van der Waals surface area contributed by atoms with Crippen LogP contribution in [0.1, 0.15) is 0 Å². The van der Waals surface area contributed by atoms with Gasteiger partial charge in [0.1, 0.15) is 0 Å². The summed E-state index contributed by atoms with van der Waals surface area (Å²) in [6.45, 7) is 2.09. The first-order chi connectivity index (χ1) is 7.38. The van der Waals surface area contributed by atoms with Crippen molar-refractivity contribution in [3.8, 4) is 0 Å². The van der Waals surface area contributed by atoms with Crippen LogP contribution in [0.3, 0.4) is 0 Å². The minimum Gasteiger partial charge on any atom is -0.376 e. The van der Waals surface area contributed by atoms with Crippen LogP contribution in [-0.4, -0.2) is 48.9 Å². The Labute approximate surface area is 96.6 Å². The van der Waals surface area contributed by atoms with E-state index in [4.69, 9.17) is 9.47 Å². The van der Waals surface area contributed by atoms with Crippen LogP contribution in [-0.2, 0) is 9.47 Å². The van der Waals surface area contributed by atoms with Gasteiger partial charge >= 0.3 is 0 Å². The maximum absolute atomic E-state index is 5.53. The monoisotopic (exact) mass is 247 g/mol. The van der Waals surface area contributed by atoms with Crippen molar-refractivity contribution < 1.29 is 9.47 Å². The molecule has 15 heavy (non-hydrogen) atoms. The van der Waals surface area contributed by atoms with Gasteiger partial charge in [0.15, 0.2) is 4.34 Å². The molecule has 1 aromatic heterocycles. The van der Waals surface area contributed by atoms with E-state index in [-0.39, 0.29) is 6.10 Å². The van der Waals surface area contributed by atoms with Gasteiger partial charge in [-0.25, -0.2) is 0 Å². The topological polar surface area (TPSA) is 56.3 Å². The maximum atomic E-state index is 5.53. The molecule has 0 saturated carbocycles. The van der Waals surface area contributed by atoms with E-state index in [1.807, 2.05) is 7.05 Å². The highest BCUT2D eigenvalue weighted by molar-refractivity contribution is 8.01. The van der Waals surface area contributed by atoms with E-state index in [0.717, 1.165) is 15.2 Å². The van der Waals surface area contributed by atoms with Crippen LogP contribution >= 0.6 is 23.1 Å². The number of anilines is 1. The van der Waals surface area contributed by atoms with Crippen molar-refractivity contribution in [3.63, 3.8) is 0 Å². The van der Waals surface area contributed by atoms with Gasteiger partial charge in [-0.1, -0.05) is 23.1 Å². The van der Waals surface area contributed by atoms with Gasteiger partial charge < -0.3 is 14.8 Å². The summed E-state index contributed by atoms with van der Waals surface area (Å²) in [5, 5.41) is 11.8. The Morgan fingerprint density at radius 1 is 1.53 bits per heavy atom. The average Bonchev–Trinajstić information content (AvgIpc) is 2.76. The summed E-state index contributed by atoms with van der Waals surface area (Å²) in [5.74, 6) is 0.873. The van der Waals surface area contributed by atoms with E-state index >= 15 is 0 Å². The van der Waals surface area contributed by atoms with Crippen molar-refractivity contribution in [1.82, 2.24) is 10.2 Å². The highest BCUT2D eigenvalue weighted by Gasteiger charge is 2.15. The number of hydrogen-bond acceptors (Lipinski definition) is 7. The molecule has 1 N–H and O–H groups in total. The molecule has 1 atom stereocenters. The fourth-order valence-corrected chi connectivity index (χ4v) is 2.89. The summed E-state index contributed by atoms with van der Waals surface area (Å²) in [5.41, 5.74) is 0. The molecular weight excluding hydrogens is 234 g/mol. The van der Waals surface area contributed by atoms with Crippen molar-refractivity contribution in [2.24, 2.45) is 0 Å².